The van der Waals surface area contributed by atoms with Crippen LogP contribution < -0.4 is 10.2 Å². The number of nitrogens with zero attached hydrogens (tertiary/aromatic N) is 2. The van der Waals surface area contributed by atoms with Gasteiger partial charge in [0.1, 0.15) is 6.10 Å². The standard InChI is InChI=1S/C36H47N3O6/c1-25(2)11-9-12-26(3)19-20-39-32-18-17-30(37-34(43)28(5)41)23-31(32)36(45,35(39)44)27(4)13-10-16-33(42)38(21-22-40)24-29-14-7-6-8-15-29/h6-8,10-11,13-15,17-19,23,27-28,40-41,45H,9,12,16,20-22,24H2,1-5H3,(H,37,43)/b13-10+,26-19+/t27-,28+,36+/m1/s1. The van der Waals surface area contributed by atoms with Gasteiger partial charge in [0.05, 0.1) is 12.3 Å². The predicted molar refractivity (Wildman–Crippen MR) is 177 cm³/mol. The van der Waals surface area contributed by atoms with Gasteiger partial charge in [0, 0.05) is 43.2 Å². The summed E-state index contributed by atoms with van der Waals surface area (Å²) in [5.41, 5.74) is 2.55. The van der Waals surface area contributed by atoms with Crippen LogP contribution in [0.2, 0.25) is 0 Å². The second-order valence-electron chi connectivity index (χ2n) is 11.9. The van der Waals surface area contributed by atoms with Crippen LogP contribution in [0, 0.1) is 5.92 Å². The third-order valence-electron chi connectivity index (χ3n) is 7.94. The maximum Gasteiger partial charge on any atom is 0.264 e. The summed E-state index contributed by atoms with van der Waals surface area (Å²) in [5, 5.41) is 33.9. The van der Waals surface area contributed by atoms with Crippen molar-refractivity contribution in [2.24, 2.45) is 5.92 Å². The molecule has 1 heterocycles. The second-order valence-corrected chi connectivity index (χ2v) is 11.9. The Morgan fingerprint density at radius 1 is 1.07 bits per heavy atom. The minimum atomic E-state index is -1.96. The molecule has 242 valence electrons. The average Bonchev–Trinajstić information content (AvgIpc) is 3.22. The van der Waals surface area contributed by atoms with E-state index in [9.17, 15) is 29.7 Å². The van der Waals surface area contributed by atoms with Gasteiger partial charge in [0.25, 0.3) is 11.8 Å². The number of amides is 3. The smallest absolute Gasteiger partial charge is 0.264 e. The number of aliphatic hydroxyl groups is 3. The Kier molecular flexibility index (Phi) is 12.8. The molecule has 0 bridgehead atoms. The first kappa shape index (κ1) is 35.4. The van der Waals surface area contributed by atoms with Gasteiger partial charge < -0.3 is 30.4 Å². The summed E-state index contributed by atoms with van der Waals surface area (Å²) in [6.45, 7) is 9.82. The highest BCUT2D eigenvalue weighted by atomic mass is 16.3. The number of hydrogen-bond acceptors (Lipinski definition) is 6. The van der Waals surface area contributed by atoms with Gasteiger partial charge in [-0.15, -0.1) is 0 Å². The SMILES string of the molecule is CC(C)=CCC/C(C)=C/CN1C(=O)[C@](O)([C@H](C)/C=C/CC(=O)N(CCO)Cc2ccccc2)c2cc(NC(=O)[C@H](C)O)ccc21. The van der Waals surface area contributed by atoms with E-state index in [2.05, 4.69) is 25.2 Å². The van der Waals surface area contributed by atoms with Crippen molar-refractivity contribution >= 4 is 29.1 Å². The number of nitrogens with one attached hydrogen (secondary N) is 1. The van der Waals surface area contributed by atoms with Crippen molar-refractivity contribution < 1.29 is 29.7 Å². The molecule has 2 aromatic rings. The molecule has 0 spiro atoms. The lowest BCUT2D eigenvalue weighted by Gasteiger charge is -2.28. The number of anilines is 2. The van der Waals surface area contributed by atoms with E-state index in [1.165, 1.54) is 12.5 Å². The summed E-state index contributed by atoms with van der Waals surface area (Å²) < 4.78 is 0. The third-order valence-corrected chi connectivity index (χ3v) is 7.94. The maximum absolute atomic E-state index is 13.9. The zero-order valence-electron chi connectivity index (χ0n) is 27.0. The molecule has 1 aliphatic rings. The zero-order chi connectivity index (χ0) is 33.1. The van der Waals surface area contributed by atoms with Gasteiger partial charge in [-0.05, 0) is 64.3 Å². The molecular formula is C36H47N3O6. The van der Waals surface area contributed by atoms with Crippen molar-refractivity contribution in [2.75, 3.05) is 29.9 Å². The van der Waals surface area contributed by atoms with Crippen LogP contribution in [0.1, 0.15) is 65.0 Å². The van der Waals surface area contributed by atoms with E-state index in [1.54, 1.807) is 47.1 Å². The number of rotatable bonds is 15. The van der Waals surface area contributed by atoms with Gasteiger partial charge in [-0.2, -0.15) is 0 Å². The van der Waals surface area contributed by atoms with E-state index in [-0.39, 0.29) is 32.0 Å². The summed E-state index contributed by atoms with van der Waals surface area (Å²) in [7, 11) is 0. The van der Waals surface area contributed by atoms with Crippen molar-refractivity contribution in [3.63, 3.8) is 0 Å². The van der Waals surface area contributed by atoms with Crippen LogP contribution in [0.4, 0.5) is 11.4 Å². The van der Waals surface area contributed by atoms with Crippen LogP contribution in [0.5, 0.6) is 0 Å². The minimum absolute atomic E-state index is 0.0239. The highest BCUT2D eigenvalue weighted by Crippen LogP contribution is 2.46. The lowest BCUT2D eigenvalue weighted by Crippen LogP contribution is -2.44. The molecule has 1 aliphatic heterocycles. The second kappa shape index (κ2) is 16.3. The molecule has 9 heteroatoms. The summed E-state index contributed by atoms with van der Waals surface area (Å²) in [5.74, 6) is -2.03. The lowest BCUT2D eigenvalue weighted by molar-refractivity contribution is -0.139. The minimum Gasteiger partial charge on any atom is -0.395 e. The first-order valence-corrected chi connectivity index (χ1v) is 15.4. The molecule has 45 heavy (non-hydrogen) atoms. The Bertz CT molecular complexity index is 1430. The van der Waals surface area contributed by atoms with Crippen molar-refractivity contribution in [1.29, 1.82) is 0 Å². The molecule has 9 nitrogen and oxygen atoms in total. The van der Waals surface area contributed by atoms with E-state index >= 15 is 0 Å². The monoisotopic (exact) mass is 617 g/mol. The van der Waals surface area contributed by atoms with E-state index in [0.29, 0.717) is 23.5 Å². The molecule has 0 unspecified atom stereocenters. The molecule has 3 amide bonds. The molecule has 0 saturated carbocycles. The fourth-order valence-corrected chi connectivity index (χ4v) is 5.25. The molecule has 0 aromatic heterocycles. The van der Waals surface area contributed by atoms with E-state index in [1.807, 2.05) is 43.3 Å². The van der Waals surface area contributed by atoms with Crippen LogP contribution in [0.25, 0.3) is 0 Å². The number of carbonyl (C=O) groups excluding carboxylic acids is 3. The van der Waals surface area contributed by atoms with Crippen molar-refractivity contribution in [1.82, 2.24) is 4.90 Å². The summed E-state index contributed by atoms with van der Waals surface area (Å²) in [4.78, 5) is 42.3. The van der Waals surface area contributed by atoms with Crippen LogP contribution in [-0.4, -0.2) is 63.7 Å². The summed E-state index contributed by atoms with van der Waals surface area (Å²) >= 11 is 0. The number of carbonyl (C=O) groups is 3. The molecule has 0 fully saturated rings. The number of benzene rings is 2. The van der Waals surface area contributed by atoms with Crippen LogP contribution in [0.3, 0.4) is 0 Å². The average molecular weight is 618 g/mol. The Labute approximate surface area is 266 Å². The molecule has 0 aliphatic carbocycles. The molecular weight excluding hydrogens is 570 g/mol. The van der Waals surface area contributed by atoms with Crippen LogP contribution in [0.15, 0.2) is 84.0 Å². The topological polar surface area (TPSA) is 130 Å². The summed E-state index contributed by atoms with van der Waals surface area (Å²) in [6, 6.07) is 14.4. The number of fused-ring (bicyclic) bond motifs is 1. The number of aliphatic hydroxyl groups excluding tert-OH is 2. The Balaban J connectivity index is 1.86. The number of allylic oxidation sites excluding steroid dienone is 3. The van der Waals surface area contributed by atoms with Crippen molar-refractivity contribution in [3.8, 4) is 0 Å². The zero-order valence-corrected chi connectivity index (χ0v) is 27.0. The Morgan fingerprint density at radius 3 is 2.42 bits per heavy atom. The highest BCUT2D eigenvalue weighted by Gasteiger charge is 2.52. The highest BCUT2D eigenvalue weighted by molar-refractivity contribution is 6.08. The van der Waals surface area contributed by atoms with E-state index < -0.39 is 29.4 Å². The fraction of sp³-hybridized carbons (Fsp3) is 0.417. The Morgan fingerprint density at radius 2 is 1.78 bits per heavy atom. The fourth-order valence-electron chi connectivity index (χ4n) is 5.25. The predicted octanol–water partition coefficient (Wildman–Crippen LogP) is 4.84. The maximum atomic E-state index is 13.9. The number of hydrogen-bond donors (Lipinski definition) is 4. The van der Waals surface area contributed by atoms with Crippen molar-refractivity contribution in [2.45, 2.75) is 72.1 Å². The normalized spacial score (nSPS) is 17.6. The Hall–Kier alpha value is -4.05. The largest absolute Gasteiger partial charge is 0.395 e. The lowest BCUT2D eigenvalue weighted by atomic mass is 9.82. The first-order chi connectivity index (χ1) is 21.4. The van der Waals surface area contributed by atoms with Gasteiger partial charge in [-0.25, -0.2) is 0 Å². The van der Waals surface area contributed by atoms with Crippen LogP contribution >= 0.6 is 0 Å². The molecule has 3 rings (SSSR count). The molecule has 2 aromatic carbocycles. The molecule has 4 N–H and O–H groups in total. The van der Waals surface area contributed by atoms with Crippen molar-refractivity contribution in [3.05, 3.63) is 95.1 Å². The van der Waals surface area contributed by atoms with Crippen LogP contribution in [-0.2, 0) is 26.5 Å². The van der Waals surface area contributed by atoms with Gasteiger partial charge in [-0.3, -0.25) is 14.4 Å². The van der Waals surface area contributed by atoms with Gasteiger partial charge >= 0.3 is 0 Å². The van der Waals surface area contributed by atoms with Gasteiger partial charge in [-0.1, -0.05) is 72.7 Å². The first-order valence-electron chi connectivity index (χ1n) is 15.4. The van der Waals surface area contributed by atoms with E-state index in [4.69, 9.17) is 0 Å². The third kappa shape index (κ3) is 9.23. The molecule has 3 atom stereocenters. The summed E-state index contributed by atoms with van der Waals surface area (Å²) in [6.07, 6.45) is 7.98. The molecule has 0 saturated heterocycles. The molecule has 0 radical (unpaired) electrons. The van der Waals surface area contributed by atoms with Gasteiger partial charge in [0.2, 0.25) is 5.91 Å². The quantitative estimate of drug-likeness (QED) is 0.212. The van der Waals surface area contributed by atoms with Gasteiger partial charge in [0.15, 0.2) is 5.60 Å². The van der Waals surface area contributed by atoms with E-state index in [0.717, 1.165) is 24.0 Å².